The summed E-state index contributed by atoms with van der Waals surface area (Å²) >= 11 is 0. The molecule has 0 atom stereocenters. The van der Waals surface area contributed by atoms with Crippen LogP contribution in [0.1, 0.15) is 24.8 Å². The van der Waals surface area contributed by atoms with Crippen molar-refractivity contribution in [3.63, 3.8) is 0 Å². The molecule has 38 heavy (non-hydrogen) atoms. The third-order valence-electron chi connectivity index (χ3n) is 5.61. The average molecular weight is 535 g/mol. The van der Waals surface area contributed by atoms with Gasteiger partial charge >= 0.3 is 18.4 Å². The Hall–Kier alpha value is -4.36. The standard InChI is InChI=1S/C24H24F3N5O6/c25-24(26,27)38-18-6-7-19-20(14-18)32(35)30-22(29-19)28-11-8-21(33)37-17-9-12-31(13-10-17)23(34)36-15-16-4-2-1-3-5-16/h1-7,14,17H,8-13,15H2,(H,28,29,30). The zero-order chi connectivity index (χ0) is 27.1. The smallest absolute Gasteiger partial charge is 0.573 e. The first-order valence-electron chi connectivity index (χ1n) is 11.7. The zero-order valence-corrected chi connectivity index (χ0v) is 20.0. The monoisotopic (exact) mass is 535 g/mol. The number of anilines is 1. The summed E-state index contributed by atoms with van der Waals surface area (Å²) < 4.78 is 51.7. The number of carbonyl (C=O) groups excluding carboxylic acids is 2. The van der Waals surface area contributed by atoms with E-state index in [4.69, 9.17) is 9.47 Å². The van der Waals surface area contributed by atoms with Gasteiger partial charge in [0.1, 0.15) is 24.0 Å². The maximum absolute atomic E-state index is 12.4. The number of nitrogens with zero attached hydrogens (tertiary/aromatic N) is 4. The average Bonchev–Trinajstić information content (AvgIpc) is 2.88. The summed E-state index contributed by atoms with van der Waals surface area (Å²) in [6.07, 6.45) is -4.75. The number of hydrogen-bond acceptors (Lipinski definition) is 9. The van der Waals surface area contributed by atoms with E-state index >= 15 is 0 Å². The molecule has 1 fully saturated rings. The maximum atomic E-state index is 12.4. The van der Waals surface area contributed by atoms with Gasteiger partial charge in [0.25, 0.3) is 11.5 Å². The molecule has 14 heteroatoms. The van der Waals surface area contributed by atoms with Crippen molar-refractivity contribution < 1.29 is 41.8 Å². The number of amides is 1. The number of benzene rings is 2. The van der Waals surface area contributed by atoms with Crippen LogP contribution in [-0.4, -0.2) is 59.1 Å². The molecule has 3 aromatic rings. The third-order valence-corrected chi connectivity index (χ3v) is 5.61. The lowest BCUT2D eigenvalue weighted by molar-refractivity contribution is -0.641. The SMILES string of the molecule is O=C(CCNc1nc2ccc(OC(F)(F)F)cc2[n+]([O-])n1)OC1CCN(C(=O)OCc2ccccc2)CC1. The predicted octanol–water partition coefficient (Wildman–Crippen LogP) is 3.31. The molecule has 0 radical (unpaired) electrons. The van der Waals surface area contributed by atoms with E-state index in [0.29, 0.717) is 25.9 Å². The van der Waals surface area contributed by atoms with E-state index < -0.39 is 24.2 Å². The van der Waals surface area contributed by atoms with Crippen LogP contribution in [-0.2, 0) is 20.9 Å². The van der Waals surface area contributed by atoms with Gasteiger partial charge in [-0.25, -0.2) is 9.78 Å². The minimum absolute atomic E-state index is 0.0437. The van der Waals surface area contributed by atoms with Crippen molar-refractivity contribution in [2.45, 2.75) is 38.3 Å². The van der Waals surface area contributed by atoms with E-state index in [1.807, 2.05) is 30.3 Å². The largest absolute Gasteiger partial charge is 0.594 e. The van der Waals surface area contributed by atoms with Crippen LogP contribution < -0.4 is 14.9 Å². The first-order chi connectivity index (χ1) is 18.2. The molecule has 1 aliphatic heterocycles. The highest BCUT2D eigenvalue weighted by Crippen LogP contribution is 2.25. The van der Waals surface area contributed by atoms with Crippen LogP contribution in [0, 0.1) is 5.21 Å². The Morgan fingerprint density at radius 1 is 1.13 bits per heavy atom. The highest BCUT2D eigenvalue weighted by molar-refractivity contribution is 5.74. The predicted molar refractivity (Wildman–Crippen MR) is 126 cm³/mol. The molecule has 1 amide bonds. The number of hydrogen-bond donors (Lipinski definition) is 1. The maximum Gasteiger partial charge on any atom is 0.573 e. The molecule has 0 unspecified atom stereocenters. The van der Waals surface area contributed by atoms with Gasteiger partial charge in [0.15, 0.2) is 0 Å². The zero-order valence-electron chi connectivity index (χ0n) is 20.0. The summed E-state index contributed by atoms with van der Waals surface area (Å²) in [7, 11) is 0. The summed E-state index contributed by atoms with van der Waals surface area (Å²) in [6, 6.07) is 12.4. The van der Waals surface area contributed by atoms with Gasteiger partial charge in [-0.3, -0.25) is 4.79 Å². The molecule has 0 bridgehead atoms. The number of fused-ring (bicyclic) bond motifs is 1. The Labute approximate surface area is 214 Å². The lowest BCUT2D eigenvalue weighted by Crippen LogP contribution is -2.41. The second-order valence-corrected chi connectivity index (χ2v) is 8.40. The molecule has 2 heterocycles. The molecule has 11 nitrogen and oxygen atoms in total. The van der Waals surface area contributed by atoms with Gasteiger partial charge in [-0.15, -0.1) is 13.2 Å². The number of halogens is 3. The van der Waals surface area contributed by atoms with Crippen molar-refractivity contribution in [3.05, 3.63) is 59.3 Å². The normalized spacial score (nSPS) is 14.2. The number of rotatable bonds is 8. The van der Waals surface area contributed by atoms with Gasteiger partial charge in [0.2, 0.25) is 0 Å². The summed E-state index contributed by atoms with van der Waals surface area (Å²) in [6.45, 7) is 1.04. The van der Waals surface area contributed by atoms with E-state index in [0.717, 1.165) is 17.7 Å². The summed E-state index contributed by atoms with van der Waals surface area (Å²) in [4.78, 5) is 30.2. The van der Waals surface area contributed by atoms with Crippen molar-refractivity contribution in [1.82, 2.24) is 15.0 Å². The number of nitrogens with one attached hydrogen (secondary N) is 1. The second kappa shape index (κ2) is 11.8. The number of alkyl halides is 3. The quantitative estimate of drug-likeness (QED) is 0.262. The highest BCUT2D eigenvalue weighted by atomic mass is 19.4. The number of piperidine rings is 1. The van der Waals surface area contributed by atoms with Crippen LogP contribution in [0.5, 0.6) is 5.75 Å². The first-order valence-corrected chi connectivity index (χ1v) is 11.7. The van der Waals surface area contributed by atoms with E-state index in [1.165, 1.54) is 6.07 Å². The molecule has 1 aliphatic rings. The summed E-state index contributed by atoms with van der Waals surface area (Å²) in [5.74, 6) is -1.16. The Morgan fingerprint density at radius 2 is 1.87 bits per heavy atom. The number of esters is 1. The molecule has 0 spiro atoms. The van der Waals surface area contributed by atoms with Gasteiger partial charge in [-0.1, -0.05) is 30.3 Å². The minimum Gasteiger partial charge on any atom is -0.594 e. The Bertz CT molecular complexity index is 1270. The van der Waals surface area contributed by atoms with Crippen LogP contribution >= 0.6 is 0 Å². The number of ether oxygens (including phenoxy) is 3. The first kappa shape index (κ1) is 26.7. The Balaban J connectivity index is 1.18. The van der Waals surface area contributed by atoms with Crippen LogP contribution in [0.25, 0.3) is 11.0 Å². The van der Waals surface area contributed by atoms with Gasteiger partial charge in [-0.05, 0) is 22.5 Å². The Morgan fingerprint density at radius 3 is 2.58 bits per heavy atom. The lowest BCUT2D eigenvalue weighted by atomic mass is 10.1. The summed E-state index contributed by atoms with van der Waals surface area (Å²) in [5.41, 5.74) is 0.762. The second-order valence-electron chi connectivity index (χ2n) is 8.40. The number of likely N-dealkylation sites (tertiary alicyclic amines) is 1. The minimum atomic E-state index is -4.90. The van der Waals surface area contributed by atoms with Gasteiger partial charge in [-0.2, -0.15) is 0 Å². The van der Waals surface area contributed by atoms with E-state index in [2.05, 4.69) is 20.1 Å². The van der Waals surface area contributed by atoms with Crippen LogP contribution in [0.3, 0.4) is 0 Å². The molecule has 1 aromatic heterocycles. The van der Waals surface area contributed by atoms with Crippen molar-refractivity contribution in [1.29, 1.82) is 0 Å². The Kier molecular flexibility index (Phi) is 8.28. The van der Waals surface area contributed by atoms with Gasteiger partial charge < -0.3 is 29.6 Å². The fraction of sp³-hybridized carbons (Fsp3) is 0.375. The number of aromatic nitrogens is 3. The highest BCUT2D eigenvalue weighted by Gasteiger charge is 2.31. The molecule has 1 N–H and O–H groups in total. The molecular weight excluding hydrogens is 511 g/mol. The molecule has 2 aromatic carbocycles. The van der Waals surface area contributed by atoms with Crippen LogP contribution in [0.2, 0.25) is 0 Å². The van der Waals surface area contributed by atoms with Crippen LogP contribution in [0.15, 0.2) is 48.5 Å². The molecule has 1 saturated heterocycles. The summed E-state index contributed by atoms with van der Waals surface area (Å²) in [5, 5.41) is 18.5. The lowest BCUT2D eigenvalue weighted by Gasteiger charge is -2.31. The third kappa shape index (κ3) is 7.57. The van der Waals surface area contributed by atoms with Crippen molar-refractivity contribution in [2.24, 2.45) is 0 Å². The number of carbonyl (C=O) groups is 2. The molecular formula is C24H24F3N5O6. The van der Waals surface area contributed by atoms with Crippen molar-refractivity contribution in [2.75, 3.05) is 25.0 Å². The fourth-order valence-electron chi connectivity index (χ4n) is 3.79. The van der Waals surface area contributed by atoms with E-state index in [1.54, 1.807) is 4.90 Å². The van der Waals surface area contributed by atoms with Crippen molar-refractivity contribution >= 4 is 29.0 Å². The molecule has 0 aliphatic carbocycles. The molecule has 4 rings (SSSR count). The fourth-order valence-corrected chi connectivity index (χ4v) is 3.79. The molecule has 0 saturated carbocycles. The van der Waals surface area contributed by atoms with Crippen molar-refractivity contribution in [3.8, 4) is 5.75 Å². The molecule has 202 valence electrons. The topological polar surface area (TPSA) is 130 Å². The van der Waals surface area contributed by atoms with Gasteiger partial charge in [0.05, 0.1) is 17.6 Å². The van der Waals surface area contributed by atoms with Crippen LogP contribution in [0.4, 0.5) is 23.9 Å². The van der Waals surface area contributed by atoms with E-state index in [-0.39, 0.29) is 47.5 Å². The van der Waals surface area contributed by atoms with Gasteiger partial charge in [0, 0.05) is 32.5 Å². The van der Waals surface area contributed by atoms with E-state index in [9.17, 15) is 28.0 Å².